The zero-order valence-electron chi connectivity index (χ0n) is 23.4. The van der Waals surface area contributed by atoms with E-state index in [1.807, 2.05) is 0 Å². The van der Waals surface area contributed by atoms with Gasteiger partial charge in [-0.15, -0.1) is 0 Å². The third kappa shape index (κ3) is 10.7. The van der Waals surface area contributed by atoms with Gasteiger partial charge in [-0.25, -0.2) is 0 Å². The topological polar surface area (TPSA) is 61.8 Å². The lowest BCUT2D eigenvalue weighted by atomic mass is 9.97. The first-order valence-corrected chi connectivity index (χ1v) is 15.6. The van der Waals surface area contributed by atoms with Gasteiger partial charge in [-0.1, -0.05) is 77.6 Å². The summed E-state index contributed by atoms with van der Waals surface area (Å²) in [5.41, 5.74) is 0. The zero-order chi connectivity index (χ0) is 26.9. The first-order valence-electron chi connectivity index (χ1n) is 14.0. The second-order valence-corrected chi connectivity index (χ2v) is 12.3. The highest BCUT2D eigenvalue weighted by Gasteiger charge is 2.31. The van der Waals surface area contributed by atoms with Gasteiger partial charge in [-0.3, -0.25) is 9.36 Å². The fourth-order valence-corrected chi connectivity index (χ4v) is 6.58. The van der Waals surface area contributed by atoms with Crippen LogP contribution < -0.4 is 20.1 Å². The van der Waals surface area contributed by atoms with Crippen LogP contribution in [0.1, 0.15) is 90.9 Å². The number of carbonyl (C=O) groups is 1. The Bertz CT molecular complexity index is 888. The smallest absolute Gasteiger partial charge is 0.261 e. The van der Waals surface area contributed by atoms with Crippen LogP contribution in [0.2, 0.25) is 0 Å². The molecule has 6 heteroatoms. The highest BCUT2D eigenvalue weighted by molar-refractivity contribution is 7.74. The number of carbonyl (C=O) groups excluding carboxylic acids is 1. The van der Waals surface area contributed by atoms with Crippen molar-refractivity contribution in [3.63, 3.8) is 0 Å². The van der Waals surface area contributed by atoms with E-state index < -0.39 is 7.37 Å². The first-order chi connectivity index (χ1) is 17.9. The molecule has 0 N–H and O–H groups in total. The lowest BCUT2D eigenvalue weighted by molar-refractivity contribution is -0.121. The van der Waals surface area contributed by atoms with Crippen LogP contribution in [0.4, 0.5) is 0 Å². The van der Waals surface area contributed by atoms with Crippen LogP contribution in [0.15, 0.2) is 48.5 Å². The minimum absolute atomic E-state index is 0.0862. The SMILES string of the molecule is CCCCCCCCCCCCCC(COP(=O)(c1ccc(OC)cc1)c1ccc(OC)cc1)C(C)=O. The summed E-state index contributed by atoms with van der Waals surface area (Å²) in [5, 5.41) is 1.16. The van der Waals surface area contributed by atoms with Gasteiger partial charge in [0.25, 0.3) is 7.37 Å². The van der Waals surface area contributed by atoms with Gasteiger partial charge in [0.1, 0.15) is 17.3 Å². The molecule has 0 heterocycles. The molecule has 2 rings (SSSR count). The number of hydrogen-bond donors (Lipinski definition) is 0. The quantitative estimate of drug-likeness (QED) is 0.129. The highest BCUT2D eigenvalue weighted by Crippen LogP contribution is 2.46. The molecule has 0 saturated heterocycles. The Kier molecular flexibility index (Phi) is 14.6. The summed E-state index contributed by atoms with van der Waals surface area (Å²) < 4.78 is 31.0. The van der Waals surface area contributed by atoms with Crippen LogP contribution in [0.5, 0.6) is 11.5 Å². The van der Waals surface area contributed by atoms with E-state index in [2.05, 4.69) is 6.92 Å². The number of Topliss-reactive ketones (excluding diaryl/α,β-unsaturated/α-hetero) is 1. The summed E-state index contributed by atoms with van der Waals surface area (Å²) in [4.78, 5) is 12.4. The monoisotopic (exact) mass is 530 g/mol. The van der Waals surface area contributed by atoms with Gasteiger partial charge < -0.3 is 14.0 Å². The fourth-order valence-electron chi connectivity index (χ4n) is 4.51. The molecule has 2 aromatic rings. The molecule has 0 saturated carbocycles. The maximum atomic E-state index is 14.3. The Hall–Kier alpha value is -2.10. The second-order valence-electron chi connectivity index (χ2n) is 9.88. The van der Waals surface area contributed by atoms with Gasteiger partial charge >= 0.3 is 0 Å². The maximum Gasteiger partial charge on any atom is 0.261 e. The summed E-state index contributed by atoms with van der Waals surface area (Å²) in [5.74, 6) is 1.19. The van der Waals surface area contributed by atoms with E-state index in [9.17, 15) is 9.36 Å². The molecule has 2 aromatic carbocycles. The number of ether oxygens (including phenoxy) is 2. The summed E-state index contributed by atoms with van der Waals surface area (Å²) in [6.45, 7) is 4.00. The predicted octanol–water partition coefficient (Wildman–Crippen LogP) is 7.86. The summed E-state index contributed by atoms with van der Waals surface area (Å²) in [7, 11) is -0.214. The van der Waals surface area contributed by atoms with Crippen LogP contribution in [-0.2, 0) is 13.9 Å². The van der Waals surface area contributed by atoms with Gasteiger partial charge in [0.15, 0.2) is 0 Å². The van der Waals surface area contributed by atoms with Crippen molar-refractivity contribution in [2.75, 3.05) is 20.8 Å². The van der Waals surface area contributed by atoms with Crippen molar-refractivity contribution in [3.05, 3.63) is 48.5 Å². The maximum absolute atomic E-state index is 14.3. The Morgan fingerprint density at radius 1 is 0.703 bits per heavy atom. The Balaban J connectivity index is 1.92. The van der Waals surface area contributed by atoms with Gasteiger partial charge in [-0.05, 0) is 61.9 Å². The zero-order valence-corrected chi connectivity index (χ0v) is 24.3. The van der Waals surface area contributed by atoms with Crippen molar-refractivity contribution >= 4 is 23.8 Å². The van der Waals surface area contributed by atoms with Gasteiger partial charge in [0.05, 0.1) is 20.8 Å². The van der Waals surface area contributed by atoms with E-state index in [4.69, 9.17) is 14.0 Å². The number of hydrogen-bond acceptors (Lipinski definition) is 5. The molecule has 0 aliphatic carbocycles. The summed E-state index contributed by atoms with van der Waals surface area (Å²) in [6.07, 6.45) is 14.7. The molecule has 0 bridgehead atoms. The molecule has 0 aliphatic heterocycles. The standard InChI is InChI=1S/C31H47O5P/c1-5-6-7-8-9-10-11-12-13-14-15-16-27(26(2)32)25-36-37(33,30-21-17-28(34-3)18-22-30)31-23-19-29(35-4)20-24-31/h17-24,27H,5-16,25H2,1-4H3. The average Bonchev–Trinajstić information content (AvgIpc) is 2.93. The van der Waals surface area contributed by atoms with Gasteiger partial charge in [-0.2, -0.15) is 0 Å². The summed E-state index contributed by atoms with van der Waals surface area (Å²) >= 11 is 0. The normalized spacial score (nSPS) is 12.3. The van der Waals surface area contributed by atoms with Crippen molar-refractivity contribution in [3.8, 4) is 11.5 Å². The summed E-state index contributed by atoms with van der Waals surface area (Å²) in [6, 6.07) is 14.2. The van der Waals surface area contributed by atoms with Crippen molar-refractivity contribution < 1.29 is 23.4 Å². The Labute approximate surface area is 224 Å². The molecule has 206 valence electrons. The van der Waals surface area contributed by atoms with Crippen molar-refractivity contribution in [1.82, 2.24) is 0 Å². The van der Waals surface area contributed by atoms with Crippen LogP contribution >= 0.6 is 7.37 Å². The van der Waals surface area contributed by atoms with E-state index in [1.54, 1.807) is 69.7 Å². The molecule has 1 atom stereocenters. The lowest BCUT2D eigenvalue weighted by Gasteiger charge is -2.23. The molecular formula is C31H47O5P. The minimum Gasteiger partial charge on any atom is -0.497 e. The molecule has 0 aromatic heterocycles. The fraction of sp³-hybridized carbons (Fsp3) is 0.581. The van der Waals surface area contributed by atoms with E-state index in [1.165, 1.54) is 57.8 Å². The van der Waals surface area contributed by atoms with Gasteiger partial charge in [0, 0.05) is 16.5 Å². The predicted molar refractivity (Wildman–Crippen MR) is 154 cm³/mol. The number of benzene rings is 2. The van der Waals surface area contributed by atoms with E-state index in [0.717, 1.165) is 19.3 Å². The minimum atomic E-state index is -3.41. The largest absolute Gasteiger partial charge is 0.497 e. The second kappa shape index (κ2) is 17.4. The van der Waals surface area contributed by atoms with Crippen LogP contribution in [-0.4, -0.2) is 26.6 Å². The Morgan fingerprint density at radius 2 is 1.11 bits per heavy atom. The highest BCUT2D eigenvalue weighted by atomic mass is 31.2. The third-order valence-corrected chi connectivity index (χ3v) is 9.48. The number of ketones is 1. The van der Waals surface area contributed by atoms with Crippen LogP contribution in [0.3, 0.4) is 0 Å². The molecule has 37 heavy (non-hydrogen) atoms. The lowest BCUT2D eigenvalue weighted by Crippen LogP contribution is -2.23. The number of unbranched alkanes of at least 4 members (excludes halogenated alkanes) is 10. The molecule has 0 amide bonds. The first kappa shape index (κ1) is 31.1. The van der Waals surface area contributed by atoms with E-state index in [0.29, 0.717) is 22.1 Å². The molecule has 0 spiro atoms. The molecule has 5 nitrogen and oxygen atoms in total. The molecule has 0 fully saturated rings. The van der Waals surface area contributed by atoms with Crippen molar-refractivity contribution in [2.24, 2.45) is 5.92 Å². The number of rotatable bonds is 20. The molecule has 0 aliphatic rings. The van der Waals surface area contributed by atoms with E-state index >= 15 is 0 Å². The third-order valence-electron chi connectivity index (χ3n) is 7.01. The van der Waals surface area contributed by atoms with Crippen LogP contribution in [0.25, 0.3) is 0 Å². The van der Waals surface area contributed by atoms with Gasteiger partial charge in [0.2, 0.25) is 0 Å². The van der Waals surface area contributed by atoms with Crippen LogP contribution in [0, 0.1) is 5.92 Å². The van der Waals surface area contributed by atoms with E-state index in [-0.39, 0.29) is 18.3 Å². The van der Waals surface area contributed by atoms with Crippen molar-refractivity contribution in [2.45, 2.75) is 90.9 Å². The average molecular weight is 531 g/mol. The Morgan fingerprint density at radius 3 is 1.49 bits per heavy atom. The molecule has 0 radical (unpaired) electrons. The molecular weight excluding hydrogens is 483 g/mol. The number of methoxy groups -OCH3 is 2. The van der Waals surface area contributed by atoms with Crippen molar-refractivity contribution in [1.29, 1.82) is 0 Å². The molecule has 1 unspecified atom stereocenters.